The van der Waals surface area contributed by atoms with E-state index in [4.69, 9.17) is 4.74 Å². The Morgan fingerprint density at radius 3 is 1.91 bits per heavy atom. The van der Waals surface area contributed by atoms with Crippen LogP contribution in [0.1, 0.15) is 0 Å². The van der Waals surface area contributed by atoms with Gasteiger partial charge < -0.3 is 4.74 Å². The number of hydrogen-bond donors (Lipinski definition) is 0. The molecule has 1 aliphatic heterocycles. The molecule has 0 aromatic heterocycles. The summed E-state index contributed by atoms with van der Waals surface area (Å²) < 4.78 is 6.48. The molecule has 0 N–H and O–H groups in total. The summed E-state index contributed by atoms with van der Waals surface area (Å²) in [5.74, 6) is 1.80. The maximum Gasteiger partial charge on any atom is 0.135 e. The van der Waals surface area contributed by atoms with E-state index in [0.29, 0.717) is 0 Å². The molecule has 0 spiro atoms. The Labute approximate surface area is 272 Å². The predicted octanol–water partition coefficient (Wildman–Crippen LogP) is 13.1. The summed E-state index contributed by atoms with van der Waals surface area (Å²) in [6, 6.07) is 61.6. The van der Waals surface area contributed by atoms with Gasteiger partial charge in [-0.1, -0.05) is 127 Å². The second kappa shape index (κ2) is 10.2. The highest BCUT2D eigenvalue weighted by molar-refractivity contribution is 6.20. The van der Waals surface area contributed by atoms with Crippen LogP contribution in [-0.4, -0.2) is 0 Å². The number of ether oxygens (including phenoxy) is 1. The first-order valence-corrected chi connectivity index (χ1v) is 16.2. The van der Waals surface area contributed by atoms with Gasteiger partial charge in [-0.25, -0.2) is 0 Å². The first kappa shape index (κ1) is 26.1. The van der Waals surface area contributed by atoms with Gasteiger partial charge in [-0.3, -0.25) is 0 Å². The quantitative estimate of drug-likeness (QED) is 0.146. The van der Waals surface area contributed by atoms with Crippen molar-refractivity contribution < 1.29 is 4.74 Å². The highest BCUT2D eigenvalue weighted by Gasteiger charge is 2.22. The van der Waals surface area contributed by atoms with Crippen molar-refractivity contribution in [2.45, 2.75) is 0 Å². The molecule has 1 heteroatoms. The fourth-order valence-electron chi connectivity index (χ4n) is 7.60. The van der Waals surface area contributed by atoms with E-state index in [-0.39, 0.29) is 0 Å². The molecule has 0 fully saturated rings. The van der Waals surface area contributed by atoms with Gasteiger partial charge in [0.15, 0.2) is 0 Å². The summed E-state index contributed by atoms with van der Waals surface area (Å²) in [6.45, 7) is 0. The van der Waals surface area contributed by atoms with Crippen molar-refractivity contribution in [2.24, 2.45) is 0 Å². The van der Waals surface area contributed by atoms with E-state index < -0.39 is 0 Å². The molecule has 9 aromatic rings. The van der Waals surface area contributed by atoms with Crippen molar-refractivity contribution in [3.63, 3.8) is 0 Å². The van der Waals surface area contributed by atoms with E-state index in [2.05, 4.69) is 170 Å². The van der Waals surface area contributed by atoms with Gasteiger partial charge in [0.1, 0.15) is 11.5 Å². The van der Waals surface area contributed by atoms with E-state index in [0.717, 1.165) is 22.4 Å². The molecule has 47 heavy (non-hydrogen) atoms. The van der Waals surface area contributed by atoms with E-state index in [1.165, 1.54) is 76.6 Å². The molecule has 0 unspecified atom stereocenters. The molecule has 10 rings (SSSR count). The summed E-state index contributed by atoms with van der Waals surface area (Å²) >= 11 is 0. The average molecular weight is 597 g/mol. The van der Waals surface area contributed by atoms with Crippen LogP contribution in [0.5, 0.6) is 11.5 Å². The second-order valence-electron chi connectivity index (χ2n) is 12.5. The minimum absolute atomic E-state index is 0.894. The summed E-state index contributed by atoms with van der Waals surface area (Å²) in [5, 5.41) is 9.98. The normalized spacial score (nSPS) is 12.0. The van der Waals surface area contributed by atoms with E-state index in [1.807, 2.05) is 0 Å². The van der Waals surface area contributed by atoms with Crippen LogP contribution in [0.2, 0.25) is 0 Å². The van der Waals surface area contributed by atoms with E-state index in [1.54, 1.807) is 0 Å². The summed E-state index contributed by atoms with van der Waals surface area (Å²) in [6.07, 6.45) is 0. The third kappa shape index (κ3) is 4.10. The van der Waals surface area contributed by atoms with Gasteiger partial charge in [-0.2, -0.15) is 0 Å². The lowest BCUT2D eigenvalue weighted by molar-refractivity contribution is 0.487. The number of hydrogen-bond acceptors (Lipinski definition) is 1. The molecule has 0 saturated heterocycles. The van der Waals surface area contributed by atoms with Crippen LogP contribution >= 0.6 is 0 Å². The smallest absolute Gasteiger partial charge is 0.135 e. The topological polar surface area (TPSA) is 9.23 Å². The Morgan fingerprint density at radius 2 is 1.00 bits per heavy atom. The van der Waals surface area contributed by atoms with Crippen molar-refractivity contribution >= 4 is 43.1 Å². The Morgan fingerprint density at radius 1 is 0.298 bits per heavy atom. The van der Waals surface area contributed by atoms with Crippen LogP contribution in [0, 0.1) is 0 Å². The third-order valence-corrected chi connectivity index (χ3v) is 9.79. The Bertz CT molecular complexity index is 2700. The number of benzene rings is 9. The van der Waals surface area contributed by atoms with E-state index >= 15 is 0 Å². The monoisotopic (exact) mass is 596 g/mol. The number of fused-ring (bicyclic) bond motifs is 6. The molecule has 218 valence electrons. The molecular formula is C46H28O. The molecule has 9 aromatic carbocycles. The molecule has 0 amide bonds. The minimum Gasteiger partial charge on any atom is -0.456 e. The lowest BCUT2D eigenvalue weighted by Crippen LogP contribution is -1.98. The maximum absolute atomic E-state index is 6.48. The van der Waals surface area contributed by atoms with Gasteiger partial charge in [0.25, 0.3) is 0 Å². The van der Waals surface area contributed by atoms with Crippen LogP contribution in [0.25, 0.3) is 87.6 Å². The second-order valence-corrected chi connectivity index (χ2v) is 12.5. The molecule has 1 heterocycles. The van der Waals surface area contributed by atoms with E-state index in [9.17, 15) is 0 Å². The van der Waals surface area contributed by atoms with Gasteiger partial charge in [-0.15, -0.1) is 0 Å². The van der Waals surface area contributed by atoms with Crippen molar-refractivity contribution in [3.8, 4) is 56.0 Å². The van der Waals surface area contributed by atoms with Gasteiger partial charge in [0.05, 0.1) is 0 Å². The van der Waals surface area contributed by atoms with Crippen molar-refractivity contribution in [1.29, 1.82) is 0 Å². The molecule has 1 aliphatic rings. The minimum atomic E-state index is 0.894. The van der Waals surface area contributed by atoms with Crippen LogP contribution in [-0.2, 0) is 0 Å². The van der Waals surface area contributed by atoms with Gasteiger partial charge >= 0.3 is 0 Å². The number of rotatable bonds is 3. The predicted molar refractivity (Wildman–Crippen MR) is 198 cm³/mol. The van der Waals surface area contributed by atoms with Crippen LogP contribution in [0.15, 0.2) is 170 Å². The molecule has 0 radical (unpaired) electrons. The molecule has 0 aliphatic carbocycles. The standard InChI is InChI=1S/C46H28O/c1-2-10-29(11-3-1)32-21-23-43-41(26-32)42-28-36(25-35-16-9-19-44(47-43)46(35)42)31-14-8-15-34(24-31)45-38-18-7-5-13-33(38)27-40-37-17-6-4-12-30(37)20-22-39(40)45/h1-28H. The van der Waals surface area contributed by atoms with Crippen molar-refractivity contribution in [1.82, 2.24) is 0 Å². The van der Waals surface area contributed by atoms with Crippen molar-refractivity contribution in [3.05, 3.63) is 170 Å². The lowest BCUT2D eigenvalue weighted by atomic mass is 9.87. The summed E-state index contributed by atoms with van der Waals surface area (Å²) in [7, 11) is 0. The first-order chi connectivity index (χ1) is 23.3. The Balaban J connectivity index is 1.19. The highest BCUT2D eigenvalue weighted by atomic mass is 16.5. The zero-order chi connectivity index (χ0) is 30.9. The van der Waals surface area contributed by atoms with Crippen LogP contribution in [0.3, 0.4) is 0 Å². The Kier molecular flexibility index (Phi) is 5.64. The summed E-state index contributed by atoms with van der Waals surface area (Å²) in [5.41, 5.74) is 9.60. The molecule has 0 bridgehead atoms. The van der Waals surface area contributed by atoms with Crippen LogP contribution < -0.4 is 4.74 Å². The summed E-state index contributed by atoms with van der Waals surface area (Å²) in [4.78, 5) is 0. The molecule has 0 saturated carbocycles. The molecule has 1 nitrogen and oxygen atoms in total. The van der Waals surface area contributed by atoms with Gasteiger partial charge in [-0.05, 0) is 119 Å². The Hall–Kier alpha value is -6.18. The van der Waals surface area contributed by atoms with Crippen molar-refractivity contribution in [2.75, 3.05) is 0 Å². The molecule has 0 atom stereocenters. The largest absolute Gasteiger partial charge is 0.456 e. The van der Waals surface area contributed by atoms with Gasteiger partial charge in [0.2, 0.25) is 0 Å². The third-order valence-electron chi connectivity index (χ3n) is 9.79. The highest BCUT2D eigenvalue weighted by Crippen LogP contribution is 2.49. The fourth-order valence-corrected chi connectivity index (χ4v) is 7.60. The zero-order valence-corrected chi connectivity index (χ0v) is 25.6. The van der Waals surface area contributed by atoms with Gasteiger partial charge in [0, 0.05) is 10.9 Å². The lowest BCUT2D eigenvalue weighted by Gasteiger charge is -2.23. The SMILES string of the molecule is c1ccc(-c2ccc3c(c2)-c2cc(-c4cccc(-c5c6ccccc6cc6c5ccc5ccccc56)c4)cc4cccc(c24)O3)cc1. The van der Waals surface area contributed by atoms with Crippen LogP contribution in [0.4, 0.5) is 0 Å². The maximum atomic E-state index is 6.48. The molecular weight excluding hydrogens is 569 g/mol. The fraction of sp³-hybridized carbons (Fsp3) is 0. The first-order valence-electron chi connectivity index (χ1n) is 16.2. The average Bonchev–Trinajstić information content (AvgIpc) is 3.14. The zero-order valence-electron chi connectivity index (χ0n) is 25.6.